The summed E-state index contributed by atoms with van der Waals surface area (Å²) in [5, 5.41) is 13.3. The van der Waals surface area contributed by atoms with Crippen LogP contribution in [0.25, 0.3) is 0 Å². The van der Waals surface area contributed by atoms with Gasteiger partial charge in [0.05, 0.1) is 19.1 Å². The molecule has 2 rings (SSSR count). The molecule has 0 spiro atoms. The monoisotopic (exact) mass is 308 g/mol. The lowest BCUT2D eigenvalue weighted by Gasteiger charge is -2.31. The number of H-pyrrole nitrogens is 1. The van der Waals surface area contributed by atoms with E-state index in [1.54, 1.807) is 0 Å². The molecule has 1 aliphatic rings. The van der Waals surface area contributed by atoms with Crippen molar-refractivity contribution < 1.29 is 14.3 Å². The van der Waals surface area contributed by atoms with Crippen LogP contribution in [0.4, 0.5) is 0 Å². The van der Waals surface area contributed by atoms with Gasteiger partial charge in [-0.05, 0) is 12.8 Å². The van der Waals surface area contributed by atoms with Gasteiger partial charge in [0, 0.05) is 30.8 Å². The Hall–Kier alpha value is -1.89. The van der Waals surface area contributed by atoms with E-state index >= 15 is 0 Å². The lowest BCUT2D eigenvalue weighted by atomic mass is 9.88. The largest absolute Gasteiger partial charge is 0.469 e. The Labute approximate surface area is 130 Å². The third-order valence-electron chi connectivity index (χ3n) is 4.46. The Bertz CT molecular complexity index is 549. The number of carbonyl (C=O) groups excluding carboxylic acids is 2. The zero-order valence-electron chi connectivity index (χ0n) is 13.4. The van der Waals surface area contributed by atoms with Crippen LogP contribution in [-0.2, 0) is 22.5 Å². The number of methoxy groups -OCH3 is 1. The fourth-order valence-corrected chi connectivity index (χ4v) is 2.78. The standard InChI is InChI=1S/C15H24N4O3/c1-4-15(5-2,8-12(20)22-3)17-14(21)13-10-9-16-7-6-11(10)18-19-13/h16H,4-9H2,1-3H3,(H,17,21)(H,18,19). The van der Waals surface area contributed by atoms with Crippen molar-refractivity contribution in [2.24, 2.45) is 0 Å². The van der Waals surface area contributed by atoms with Crippen molar-refractivity contribution in [2.75, 3.05) is 13.7 Å². The number of rotatable bonds is 6. The summed E-state index contributed by atoms with van der Waals surface area (Å²) in [7, 11) is 1.36. The molecule has 2 heterocycles. The maximum atomic E-state index is 12.6. The Morgan fingerprint density at radius 2 is 2.09 bits per heavy atom. The number of nitrogens with one attached hydrogen (secondary N) is 3. The first-order valence-corrected chi connectivity index (χ1v) is 7.71. The Morgan fingerprint density at radius 1 is 1.36 bits per heavy atom. The summed E-state index contributed by atoms with van der Waals surface area (Å²) < 4.78 is 4.75. The molecular weight excluding hydrogens is 284 g/mol. The Morgan fingerprint density at radius 3 is 2.73 bits per heavy atom. The number of nitrogens with zero attached hydrogens (tertiary/aromatic N) is 1. The summed E-state index contributed by atoms with van der Waals surface area (Å²) in [4.78, 5) is 24.2. The van der Waals surface area contributed by atoms with E-state index in [0.29, 0.717) is 25.1 Å². The molecule has 1 aliphatic heterocycles. The maximum absolute atomic E-state index is 12.6. The van der Waals surface area contributed by atoms with Crippen molar-refractivity contribution >= 4 is 11.9 Å². The van der Waals surface area contributed by atoms with Crippen LogP contribution in [-0.4, -0.2) is 41.3 Å². The molecular formula is C15H24N4O3. The average molecular weight is 308 g/mol. The third-order valence-corrected chi connectivity index (χ3v) is 4.46. The van der Waals surface area contributed by atoms with Gasteiger partial charge in [-0.15, -0.1) is 0 Å². The highest BCUT2D eigenvalue weighted by Crippen LogP contribution is 2.22. The molecule has 7 heteroatoms. The number of fused-ring (bicyclic) bond motifs is 1. The smallest absolute Gasteiger partial charge is 0.307 e. The van der Waals surface area contributed by atoms with E-state index in [-0.39, 0.29) is 18.3 Å². The molecule has 1 aromatic rings. The van der Waals surface area contributed by atoms with Gasteiger partial charge in [0.15, 0.2) is 5.69 Å². The molecule has 0 radical (unpaired) electrons. The molecule has 0 saturated carbocycles. The highest BCUT2D eigenvalue weighted by atomic mass is 16.5. The zero-order valence-corrected chi connectivity index (χ0v) is 13.4. The molecule has 0 aromatic carbocycles. The average Bonchev–Trinajstić information content (AvgIpc) is 2.98. The van der Waals surface area contributed by atoms with Crippen LogP contribution >= 0.6 is 0 Å². The summed E-state index contributed by atoms with van der Waals surface area (Å²) >= 11 is 0. The van der Waals surface area contributed by atoms with Crippen LogP contribution in [0.15, 0.2) is 0 Å². The fraction of sp³-hybridized carbons (Fsp3) is 0.667. The van der Waals surface area contributed by atoms with Crippen LogP contribution in [0.3, 0.4) is 0 Å². The maximum Gasteiger partial charge on any atom is 0.307 e. The number of aromatic amines is 1. The number of ether oxygens (including phenoxy) is 1. The van der Waals surface area contributed by atoms with Gasteiger partial charge in [-0.3, -0.25) is 14.7 Å². The van der Waals surface area contributed by atoms with Crippen molar-refractivity contribution in [1.82, 2.24) is 20.8 Å². The molecule has 0 saturated heterocycles. The van der Waals surface area contributed by atoms with Crippen molar-refractivity contribution in [2.45, 2.75) is 51.6 Å². The number of amides is 1. The Balaban J connectivity index is 2.17. The summed E-state index contributed by atoms with van der Waals surface area (Å²) in [5.74, 6) is -0.566. The molecule has 7 nitrogen and oxygen atoms in total. The predicted octanol–water partition coefficient (Wildman–Crippen LogP) is 0.907. The van der Waals surface area contributed by atoms with E-state index in [1.807, 2.05) is 13.8 Å². The van der Waals surface area contributed by atoms with Gasteiger partial charge in [-0.1, -0.05) is 13.8 Å². The van der Waals surface area contributed by atoms with Gasteiger partial charge >= 0.3 is 5.97 Å². The first-order chi connectivity index (χ1) is 10.5. The molecule has 122 valence electrons. The second kappa shape index (κ2) is 6.91. The SMILES string of the molecule is CCC(CC)(CC(=O)OC)NC(=O)c1n[nH]c2c1CNCC2. The number of hydrogen-bond acceptors (Lipinski definition) is 5. The van der Waals surface area contributed by atoms with Crippen molar-refractivity contribution in [3.05, 3.63) is 17.0 Å². The van der Waals surface area contributed by atoms with Crippen molar-refractivity contribution in [1.29, 1.82) is 0 Å². The number of esters is 1. The second-order valence-corrected chi connectivity index (χ2v) is 5.65. The van der Waals surface area contributed by atoms with E-state index in [1.165, 1.54) is 7.11 Å². The van der Waals surface area contributed by atoms with Gasteiger partial charge in [0.1, 0.15) is 0 Å². The molecule has 22 heavy (non-hydrogen) atoms. The van der Waals surface area contributed by atoms with E-state index in [9.17, 15) is 9.59 Å². The molecule has 0 bridgehead atoms. The minimum Gasteiger partial charge on any atom is -0.469 e. The highest BCUT2D eigenvalue weighted by Gasteiger charge is 2.33. The molecule has 0 atom stereocenters. The quantitative estimate of drug-likeness (QED) is 0.679. The van der Waals surface area contributed by atoms with Gasteiger partial charge in [0.2, 0.25) is 0 Å². The first kappa shape index (κ1) is 16.5. The van der Waals surface area contributed by atoms with Gasteiger partial charge in [-0.2, -0.15) is 5.10 Å². The van der Waals surface area contributed by atoms with Gasteiger partial charge in [0.25, 0.3) is 5.91 Å². The van der Waals surface area contributed by atoms with Crippen LogP contribution in [0.1, 0.15) is 54.9 Å². The highest BCUT2D eigenvalue weighted by molar-refractivity contribution is 5.94. The number of aromatic nitrogens is 2. The molecule has 0 aliphatic carbocycles. The van der Waals surface area contributed by atoms with Crippen LogP contribution < -0.4 is 10.6 Å². The molecule has 0 fully saturated rings. The first-order valence-electron chi connectivity index (χ1n) is 7.71. The normalized spacial score (nSPS) is 14.3. The topological polar surface area (TPSA) is 96.1 Å². The molecule has 1 amide bonds. The van der Waals surface area contributed by atoms with E-state index in [4.69, 9.17) is 4.74 Å². The van der Waals surface area contributed by atoms with E-state index in [2.05, 4.69) is 20.8 Å². The van der Waals surface area contributed by atoms with E-state index in [0.717, 1.165) is 24.2 Å². The third kappa shape index (κ3) is 3.30. The van der Waals surface area contributed by atoms with Crippen LogP contribution in [0.2, 0.25) is 0 Å². The zero-order chi connectivity index (χ0) is 16.2. The fourth-order valence-electron chi connectivity index (χ4n) is 2.78. The van der Waals surface area contributed by atoms with E-state index < -0.39 is 5.54 Å². The predicted molar refractivity (Wildman–Crippen MR) is 81.4 cm³/mol. The molecule has 3 N–H and O–H groups in total. The van der Waals surface area contributed by atoms with Crippen molar-refractivity contribution in [3.63, 3.8) is 0 Å². The van der Waals surface area contributed by atoms with Crippen LogP contribution in [0, 0.1) is 0 Å². The minimum atomic E-state index is -0.599. The lowest BCUT2D eigenvalue weighted by molar-refractivity contribution is -0.142. The molecule has 0 unspecified atom stereocenters. The van der Waals surface area contributed by atoms with Crippen molar-refractivity contribution in [3.8, 4) is 0 Å². The lowest BCUT2D eigenvalue weighted by Crippen LogP contribution is -2.49. The minimum absolute atomic E-state index is 0.160. The van der Waals surface area contributed by atoms with Crippen LogP contribution in [0.5, 0.6) is 0 Å². The Kier molecular flexibility index (Phi) is 5.18. The summed E-state index contributed by atoms with van der Waals surface area (Å²) in [6.07, 6.45) is 2.29. The molecule has 1 aromatic heterocycles. The summed E-state index contributed by atoms with van der Waals surface area (Å²) in [6, 6.07) is 0. The van der Waals surface area contributed by atoms with Gasteiger partial charge in [-0.25, -0.2) is 0 Å². The second-order valence-electron chi connectivity index (χ2n) is 5.65. The summed E-state index contributed by atoms with van der Waals surface area (Å²) in [5.41, 5.74) is 1.75. The number of hydrogen-bond donors (Lipinski definition) is 3. The van der Waals surface area contributed by atoms with Gasteiger partial charge < -0.3 is 15.4 Å². The number of carbonyl (C=O) groups is 2. The summed E-state index contributed by atoms with van der Waals surface area (Å²) in [6.45, 7) is 5.42.